The molecule has 0 radical (unpaired) electrons. The highest BCUT2D eigenvalue weighted by Crippen LogP contribution is 2.20. The first-order valence-corrected chi connectivity index (χ1v) is 8.16. The molecule has 0 aliphatic rings. The van der Waals surface area contributed by atoms with Crippen LogP contribution in [0.2, 0.25) is 0 Å². The summed E-state index contributed by atoms with van der Waals surface area (Å²) in [5, 5.41) is 14.4. The molecule has 3 N–H and O–H groups in total. The quantitative estimate of drug-likeness (QED) is 0.646. The lowest BCUT2D eigenvalue weighted by Crippen LogP contribution is -2.31. The van der Waals surface area contributed by atoms with Crippen LogP contribution in [0.5, 0.6) is 0 Å². The predicted molar refractivity (Wildman–Crippen MR) is 86.6 cm³/mol. The molecule has 1 aromatic carbocycles. The average Bonchev–Trinajstić information content (AvgIpc) is 2.45. The molecule has 0 saturated heterocycles. The molecule has 0 bridgehead atoms. The molecule has 0 fully saturated rings. The summed E-state index contributed by atoms with van der Waals surface area (Å²) in [5.74, 6) is 1.79. The molecule has 5 heteroatoms. The highest BCUT2D eigenvalue weighted by Gasteiger charge is 2.07. The van der Waals surface area contributed by atoms with Gasteiger partial charge in [0.05, 0.1) is 0 Å². The molecule has 0 saturated carbocycles. The van der Waals surface area contributed by atoms with E-state index in [1.807, 2.05) is 25.1 Å². The van der Waals surface area contributed by atoms with Gasteiger partial charge < -0.3 is 15.7 Å². The molecule has 0 spiro atoms. The van der Waals surface area contributed by atoms with Crippen LogP contribution in [-0.4, -0.2) is 35.8 Å². The molecular formula is C15H24N2O2S. The Kier molecular flexibility index (Phi) is 8.14. The van der Waals surface area contributed by atoms with E-state index in [1.54, 1.807) is 11.8 Å². The molecule has 0 aliphatic carbocycles. The molecule has 20 heavy (non-hydrogen) atoms. The zero-order valence-corrected chi connectivity index (χ0v) is 13.1. The molecule has 0 heterocycles. The van der Waals surface area contributed by atoms with E-state index in [-0.39, 0.29) is 12.6 Å². The number of carbonyl (C=O) groups is 1. The summed E-state index contributed by atoms with van der Waals surface area (Å²) in [6.07, 6.45) is 1.70. The SMILES string of the molecule is CCc1cccc(C)c1NC(=O)NCCSCCCO. The van der Waals surface area contributed by atoms with Gasteiger partial charge in [0, 0.05) is 24.6 Å². The second kappa shape index (κ2) is 9.66. The number of amides is 2. The Morgan fingerprint density at radius 3 is 2.85 bits per heavy atom. The number of aryl methyl sites for hydroxylation is 2. The summed E-state index contributed by atoms with van der Waals surface area (Å²) in [6, 6.07) is 5.89. The number of aliphatic hydroxyl groups is 1. The molecule has 112 valence electrons. The van der Waals surface area contributed by atoms with E-state index >= 15 is 0 Å². The molecule has 4 nitrogen and oxygen atoms in total. The van der Waals surface area contributed by atoms with Crippen molar-refractivity contribution in [1.82, 2.24) is 5.32 Å². The van der Waals surface area contributed by atoms with Gasteiger partial charge in [-0.05, 0) is 36.6 Å². The molecule has 1 rings (SSSR count). The Morgan fingerprint density at radius 2 is 2.15 bits per heavy atom. The number of carbonyl (C=O) groups excluding carboxylic acids is 1. The molecule has 2 amide bonds. The van der Waals surface area contributed by atoms with Crippen molar-refractivity contribution in [3.05, 3.63) is 29.3 Å². The summed E-state index contributed by atoms with van der Waals surface area (Å²) in [5.41, 5.74) is 3.15. The molecule has 1 aromatic rings. The lowest BCUT2D eigenvalue weighted by Gasteiger charge is -2.13. The topological polar surface area (TPSA) is 61.4 Å². The third-order valence-electron chi connectivity index (χ3n) is 2.96. The first-order valence-electron chi connectivity index (χ1n) is 7.01. The number of hydrogen-bond donors (Lipinski definition) is 3. The average molecular weight is 296 g/mol. The summed E-state index contributed by atoms with van der Waals surface area (Å²) >= 11 is 1.73. The number of aliphatic hydroxyl groups excluding tert-OH is 1. The maximum absolute atomic E-state index is 11.9. The summed E-state index contributed by atoms with van der Waals surface area (Å²) in [6.45, 7) is 4.94. The number of nitrogens with one attached hydrogen (secondary N) is 2. The van der Waals surface area contributed by atoms with Crippen molar-refractivity contribution in [1.29, 1.82) is 0 Å². The van der Waals surface area contributed by atoms with Crippen molar-refractivity contribution in [2.24, 2.45) is 0 Å². The van der Waals surface area contributed by atoms with Crippen molar-refractivity contribution in [3.63, 3.8) is 0 Å². The lowest BCUT2D eigenvalue weighted by molar-refractivity contribution is 0.252. The van der Waals surface area contributed by atoms with Crippen LogP contribution in [0.3, 0.4) is 0 Å². The Labute approximate surface area is 125 Å². The molecule has 0 unspecified atom stereocenters. The first-order chi connectivity index (χ1) is 9.69. The van der Waals surface area contributed by atoms with E-state index in [4.69, 9.17) is 5.11 Å². The van der Waals surface area contributed by atoms with Gasteiger partial charge in [0.2, 0.25) is 0 Å². The van der Waals surface area contributed by atoms with Gasteiger partial charge in [-0.1, -0.05) is 25.1 Å². The minimum absolute atomic E-state index is 0.156. The van der Waals surface area contributed by atoms with E-state index in [0.29, 0.717) is 6.54 Å². The number of para-hydroxylation sites is 1. The van der Waals surface area contributed by atoms with Gasteiger partial charge in [-0.15, -0.1) is 0 Å². The second-order valence-corrected chi connectivity index (χ2v) is 5.76. The van der Waals surface area contributed by atoms with Crippen LogP contribution in [0.15, 0.2) is 18.2 Å². The monoisotopic (exact) mass is 296 g/mol. The van der Waals surface area contributed by atoms with Crippen LogP contribution >= 0.6 is 11.8 Å². The fourth-order valence-corrected chi connectivity index (χ4v) is 2.65. The summed E-state index contributed by atoms with van der Waals surface area (Å²) in [7, 11) is 0. The van der Waals surface area contributed by atoms with Gasteiger partial charge in [0.25, 0.3) is 0 Å². The number of hydrogen-bond acceptors (Lipinski definition) is 3. The van der Waals surface area contributed by atoms with Crippen molar-refractivity contribution in [2.45, 2.75) is 26.7 Å². The van der Waals surface area contributed by atoms with Gasteiger partial charge in [-0.3, -0.25) is 0 Å². The van der Waals surface area contributed by atoms with Crippen molar-refractivity contribution >= 4 is 23.5 Å². The van der Waals surface area contributed by atoms with Gasteiger partial charge in [0.15, 0.2) is 0 Å². The van der Waals surface area contributed by atoms with E-state index in [9.17, 15) is 4.79 Å². The highest BCUT2D eigenvalue weighted by molar-refractivity contribution is 7.99. The van der Waals surface area contributed by atoms with Crippen LogP contribution in [0, 0.1) is 6.92 Å². The van der Waals surface area contributed by atoms with Crippen LogP contribution < -0.4 is 10.6 Å². The Balaban J connectivity index is 2.35. The third kappa shape index (κ3) is 5.84. The second-order valence-electron chi connectivity index (χ2n) is 4.53. The molecule has 0 atom stereocenters. The molecule has 0 aliphatic heterocycles. The van der Waals surface area contributed by atoms with Crippen LogP contribution in [0.4, 0.5) is 10.5 Å². The van der Waals surface area contributed by atoms with E-state index in [0.717, 1.165) is 41.2 Å². The fraction of sp³-hybridized carbons (Fsp3) is 0.533. The Morgan fingerprint density at radius 1 is 1.35 bits per heavy atom. The number of urea groups is 1. The summed E-state index contributed by atoms with van der Waals surface area (Å²) < 4.78 is 0. The van der Waals surface area contributed by atoms with E-state index in [2.05, 4.69) is 17.6 Å². The molecule has 0 aromatic heterocycles. The van der Waals surface area contributed by atoms with Crippen LogP contribution in [0.25, 0.3) is 0 Å². The maximum atomic E-state index is 11.9. The van der Waals surface area contributed by atoms with Gasteiger partial charge >= 0.3 is 6.03 Å². The van der Waals surface area contributed by atoms with Gasteiger partial charge in [-0.2, -0.15) is 11.8 Å². The Bertz CT molecular complexity index is 424. The standard InChI is InChI=1S/C15H24N2O2S/c1-3-13-7-4-6-12(2)14(13)17-15(19)16-8-11-20-10-5-9-18/h4,6-7,18H,3,5,8-11H2,1-2H3,(H2,16,17,19). The van der Waals surface area contributed by atoms with E-state index < -0.39 is 0 Å². The first kappa shape index (κ1) is 16.9. The minimum atomic E-state index is -0.156. The normalized spacial score (nSPS) is 10.3. The number of anilines is 1. The van der Waals surface area contributed by atoms with Crippen molar-refractivity contribution < 1.29 is 9.90 Å². The number of thioether (sulfide) groups is 1. The smallest absolute Gasteiger partial charge is 0.319 e. The zero-order chi connectivity index (χ0) is 14.8. The maximum Gasteiger partial charge on any atom is 0.319 e. The number of rotatable bonds is 8. The van der Waals surface area contributed by atoms with E-state index in [1.165, 1.54) is 0 Å². The Hall–Kier alpha value is -1.20. The van der Waals surface area contributed by atoms with Crippen molar-refractivity contribution in [2.75, 3.05) is 30.0 Å². The lowest BCUT2D eigenvalue weighted by atomic mass is 10.1. The van der Waals surface area contributed by atoms with Gasteiger partial charge in [0.1, 0.15) is 0 Å². The van der Waals surface area contributed by atoms with Crippen molar-refractivity contribution in [3.8, 4) is 0 Å². The minimum Gasteiger partial charge on any atom is -0.396 e. The largest absolute Gasteiger partial charge is 0.396 e. The van der Waals surface area contributed by atoms with Crippen LogP contribution in [0.1, 0.15) is 24.5 Å². The predicted octanol–water partition coefficient (Wildman–Crippen LogP) is 2.79. The third-order valence-corrected chi connectivity index (χ3v) is 4.03. The number of benzene rings is 1. The van der Waals surface area contributed by atoms with Crippen LogP contribution in [-0.2, 0) is 6.42 Å². The molecular weight excluding hydrogens is 272 g/mol. The summed E-state index contributed by atoms with van der Waals surface area (Å²) in [4.78, 5) is 11.9. The zero-order valence-electron chi connectivity index (χ0n) is 12.2. The highest BCUT2D eigenvalue weighted by atomic mass is 32.2. The van der Waals surface area contributed by atoms with Gasteiger partial charge in [-0.25, -0.2) is 4.79 Å². The fourth-order valence-electron chi connectivity index (χ4n) is 1.87.